The zero-order valence-corrected chi connectivity index (χ0v) is 17.8. The number of hydrogen-bond donors (Lipinski definition) is 0. The van der Waals surface area contributed by atoms with Crippen molar-refractivity contribution in [3.63, 3.8) is 0 Å². The molecule has 1 aromatic carbocycles. The minimum atomic E-state index is -1.97. The number of carbonyl (C=O) groups is 1. The number of aryl methyl sites for hydroxylation is 1. The summed E-state index contributed by atoms with van der Waals surface area (Å²) in [6.07, 6.45) is 4.10. The topological polar surface area (TPSA) is 35.5 Å². The zero-order chi connectivity index (χ0) is 18.7. The van der Waals surface area contributed by atoms with E-state index in [0.717, 1.165) is 29.3 Å². The van der Waals surface area contributed by atoms with Gasteiger partial charge >= 0.3 is 5.97 Å². The van der Waals surface area contributed by atoms with Gasteiger partial charge in [0.15, 0.2) is 14.4 Å². The summed E-state index contributed by atoms with van der Waals surface area (Å²) in [4.78, 5) is 12.7. The molecule has 0 radical (unpaired) electrons. The van der Waals surface area contributed by atoms with E-state index in [1.165, 1.54) is 25.7 Å². The summed E-state index contributed by atoms with van der Waals surface area (Å²) in [5, 5.41) is 0. The lowest BCUT2D eigenvalue weighted by atomic mass is 10.0. The standard InChI is InChI=1S/C21H36O3Si/c1-6-10-16-25(9-4,17-11-7-2)24-20(21(22)23-8-3)19-15-13-12-14-18(19)5/h12-15,20H,6-11,16-17H2,1-5H3. The van der Waals surface area contributed by atoms with Crippen molar-refractivity contribution >= 4 is 14.3 Å². The predicted molar refractivity (Wildman–Crippen MR) is 107 cm³/mol. The molecule has 3 nitrogen and oxygen atoms in total. The van der Waals surface area contributed by atoms with Crippen molar-refractivity contribution in [2.75, 3.05) is 6.61 Å². The molecule has 0 bridgehead atoms. The minimum Gasteiger partial charge on any atom is -0.464 e. The molecule has 1 rings (SSSR count). The summed E-state index contributed by atoms with van der Waals surface area (Å²) in [7, 11) is -1.97. The maximum atomic E-state index is 12.7. The summed E-state index contributed by atoms with van der Waals surface area (Å²) in [5.74, 6) is -0.241. The molecule has 0 fully saturated rings. The largest absolute Gasteiger partial charge is 0.464 e. The molecule has 0 amide bonds. The fourth-order valence-corrected chi connectivity index (χ4v) is 7.34. The lowest BCUT2D eigenvalue weighted by Gasteiger charge is -2.34. The van der Waals surface area contributed by atoms with Gasteiger partial charge in [-0.2, -0.15) is 0 Å². The van der Waals surface area contributed by atoms with Gasteiger partial charge in [-0.3, -0.25) is 0 Å². The van der Waals surface area contributed by atoms with Gasteiger partial charge in [-0.15, -0.1) is 0 Å². The maximum absolute atomic E-state index is 12.7. The minimum absolute atomic E-state index is 0.241. The van der Waals surface area contributed by atoms with Crippen molar-refractivity contribution in [2.45, 2.75) is 84.5 Å². The molecule has 1 unspecified atom stereocenters. The number of ether oxygens (including phenoxy) is 1. The SMILES string of the molecule is CCCC[Si](CC)(CCCC)OC(C(=O)OCC)c1ccccc1C. The van der Waals surface area contributed by atoms with Gasteiger partial charge in [0.1, 0.15) is 0 Å². The number of hydrogen-bond acceptors (Lipinski definition) is 3. The summed E-state index contributed by atoms with van der Waals surface area (Å²) in [5.41, 5.74) is 2.05. The van der Waals surface area contributed by atoms with Gasteiger partial charge in [-0.25, -0.2) is 4.79 Å². The van der Waals surface area contributed by atoms with Crippen molar-refractivity contribution in [2.24, 2.45) is 0 Å². The second kappa shape index (κ2) is 11.5. The van der Waals surface area contributed by atoms with Crippen molar-refractivity contribution in [1.29, 1.82) is 0 Å². The highest BCUT2D eigenvalue weighted by Gasteiger charge is 2.38. The van der Waals surface area contributed by atoms with E-state index in [9.17, 15) is 4.79 Å². The summed E-state index contributed by atoms with van der Waals surface area (Å²) < 4.78 is 12.1. The maximum Gasteiger partial charge on any atom is 0.338 e. The Hall–Kier alpha value is -1.13. The predicted octanol–water partition coefficient (Wildman–Crippen LogP) is 6.18. The van der Waals surface area contributed by atoms with E-state index in [0.29, 0.717) is 6.61 Å². The Morgan fingerprint density at radius 2 is 1.64 bits per heavy atom. The van der Waals surface area contributed by atoms with Gasteiger partial charge < -0.3 is 9.16 Å². The van der Waals surface area contributed by atoms with Crippen LogP contribution in [0.25, 0.3) is 0 Å². The first kappa shape index (κ1) is 21.9. The number of unbranched alkanes of at least 4 members (excludes halogenated alkanes) is 2. The van der Waals surface area contributed by atoms with E-state index >= 15 is 0 Å². The molecule has 0 heterocycles. The Balaban J connectivity index is 3.17. The monoisotopic (exact) mass is 364 g/mol. The Kier molecular flexibility index (Phi) is 10.1. The van der Waals surface area contributed by atoms with E-state index in [4.69, 9.17) is 9.16 Å². The highest BCUT2D eigenvalue weighted by Crippen LogP contribution is 2.34. The van der Waals surface area contributed by atoms with Gasteiger partial charge in [0.25, 0.3) is 0 Å². The van der Waals surface area contributed by atoms with Crippen molar-refractivity contribution < 1.29 is 14.0 Å². The molecule has 0 aliphatic rings. The third kappa shape index (κ3) is 6.59. The fraction of sp³-hybridized carbons (Fsp3) is 0.667. The lowest BCUT2D eigenvalue weighted by Crippen LogP contribution is -2.41. The highest BCUT2D eigenvalue weighted by molar-refractivity contribution is 6.73. The average Bonchev–Trinajstić information content (AvgIpc) is 2.62. The van der Waals surface area contributed by atoms with Crippen LogP contribution in [-0.4, -0.2) is 20.9 Å². The number of esters is 1. The Bertz CT molecular complexity index is 508. The summed E-state index contributed by atoms with van der Waals surface area (Å²) in [6, 6.07) is 11.3. The molecular formula is C21H36O3Si. The van der Waals surface area contributed by atoms with E-state index < -0.39 is 14.4 Å². The van der Waals surface area contributed by atoms with E-state index in [1.807, 2.05) is 38.1 Å². The smallest absolute Gasteiger partial charge is 0.338 e. The Labute approximate surface area is 155 Å². The normalized spacial score (nSPS) is 12.8. The third-order valence-electron chi connectivity index (χ3n) is 4.96. The van der Waals surface area contributed by atoms with Crippen LogP contribution >= 0.6 is 0 Å². The van der Waals surface area contributed by atoms with Crippen LogP contribution in [0.4, 0.5) is 0 Å². The number of benzene rings is 1. The zero-order valence-electron chi connectivity index (χ0n) is 16.8. The van der Waals surface area contributed by atoms with Crippen LogP contribution in [0.15, 0.2) is 24.3 Å². The first-order valence-corrected chi connectivity index (χ1v) is 12.5. The molecule has 0 aliphatic carbocycles. The van der Waals surface area contributed by atoms with E-state index in [1.54, 1.807) is 0 Å². The Morgan fingerprint density at radius 3 is 2.12 bits per heavy atom. The molecule has 25 heavy (non-hydrogen) atoms. The first-order valence-electron chi connectivity index (χ1n) is 9.93. The second-order valence-corrected chi connectivity index (χ2v) is 11.2. The molecule has 0 saturated heterocycles. The van der Waals surface area contributed by atoms with Crippen LogP contribution in [-0.2, 0) is 14.0 Å². The third-order valence-corrected chi connectivity index (χ3v) is 9.51. The van der Waals surface area contributed by atoms with Gasteiger partial charge in [-0.05, 0) is 43.1 Å². The van der Waals surface area contributed by atoms with E-state index in [2.05, 4.69) is 20.8 Å². The summed E-state index contributed by atoms with van der Waals surface area (Å²) in [6.45, 7) is 11.0. The molecular weight excluding hydrogens is 328 g/mol. The molecule has 0 aliphatic heterocycles. The fourth-order valence-electron chi connectivity index (χ4n) is 3.27. The molecule has 0 aromatic heterocycles. The van der Waals surface area contributed by atoms with Gasteiger partial charge in [0.2, 0.25) is 0 Å². The molecule has 1 aromatic rings. The van der Waals surface area contributed by atoms with E-state index in [-0.39, 0.29) is 5.97 Å². The lowest BCUT2D eigenvalue weighted by molar-refractivity contribution is -0.152. The first-order chi connectivity index (χ1) is 12.0. The van der Waals surface area contributed by atoms with Crippen LogP contribution in [0.3, 0.4) is 0 Å². The van der Waals surface area contributed by atoms with Crippen LogP contribution in [0.1, 0.15) is 70.6 Å². The van der Waals surface area contributed by atoms with Crippen LogP contribution in [0.2, 0.25) is 18.1 Å². The molecule has 142 valence electrons. The molecule has 0 saturated carbocycles. The van der Waals surface area contributed by atoms with Crippen molar-refractivity contribution in [3.05, 3.63) is 35.4 Å². The van der Waals surface area contributed by atoms with Gasteiger partial charge in [-0.1, -0.05) is 70.7 Å². The molecule has 1 atom stereocenters. The number of carbonyl (C=O) groups excluding carboxylic acids is 1. The molecule has 4 heteroatoms. The van der Waals surface area contributed by atoms with Crippen LogP contribution in [0, 0.1) is 6.92 Å². The molecule has 0 N–H and O–H groups in total. The quantitative estimate of drug-likeness (QED) is 0.328. The van der Waals surface area contributed by atoms with Gasteiger partial charge in [0, 0.05) is 0 Å². The Morgan fingerprint density at radius 1 is 1.04 bits per heavy atom. The summed E-state index contributed by atoms with van der Waals surface area (Å²) >= 11 is 0. The second-order valence-electron chi connectivity index (χ2n) is 6.85. The number of rotatable bonds is 12. The van der Waals surface area contributed by atoms with Crippen LogP contribution < -0.4 is 0 Å². The molecule has 0 spiro atoms. The van der Waals surface area contributed by atoms with Crippen molar-refractivity contribution in [1.82, 2.24) is 0 Å². The highest BCUT2D eigenvalue weighted by atomic mass is 28.4. The average molecular weight is 365 g/mol. The van der Waals surface area contributed by atoms with Gasteiger partial charge in [0.05, 0.1) is 6.61 Å². The van der Waals surface area contributed by atoms with Crippen molar-refractivity contribution in [3.8, 4) is 0 Å². The van der Waals surface area contributed by atoms with Crippen LogP contribution in [0.5, 0.6) is 0 Å².